The number of anilines is 1. The van der Waals surface area contributed by atoms with E-state index in [0.717, 1.165) is 30.5 Å². The Morgan fingerprint density at radius 2 is 1.96 bits per heavy atom. The summed E-state index contributed by atoms with van der Waals surface area (Å²) < 4.78 is 0. The molecule has 9 nitrogen and oxygen atoms in total. The molecule has 1 amide bonds. The number of aromatic amines is 1. The molecule has 1 aliphatic carbocycles. The molecule has 0 unspecified atom stereocenters. The van der Waals surface area contributed by atoms with Crippen molar-refractivity contribution in [2.75, 3.05) is 12.4 Å². The Bertz CT molecular complexity index is 989. The fourth-order valence-electron chi connectivity index (χ4n) is 3.29. The van der Waals surface area contributed by atoms with Gasteiger partial charge in [0.05, 0.1) is 35.3 Å². The summed E-state index contributed by atoms with van der Waals surface area (Å²) in [5.74, 6) is 0.611. The number of H-pyrrole nitrogens is 1. The molecule has 0 aromatic carbocycles. The summed E-state index contributed by atoms with van der Waals surface area (Å²) in [5, 5.41) is 9.31. The van der Waals surface area contributed by atoms with Crippen molar-refractivity contribution in [1.29, 1.82) is 0 Å². The normalized spacial score (nSPS) is 15.7. The first-order chi connectivity index (χ1) is 13.6. The Labute approximate surface area is 161 Å². The van der Waals surface area contributed by atoms with E-state index in [1.807, 2.05) is 12.1 Å². The van der Waals surface area contributed by atoms with Crippen LogP contribution in [0.25, 0.3) is 11.4 Å². The third-order valence-corrected chi connectivity index (χ3v) is 5.15. The van der Waals surface area contributed by atoms with Crippen molar-refractivity contribution in [3.63, 3.8) is 0 Å². The number of nitrogens with one attached hydrogen (secondary N) is 2. The van der Waals surface area contributed by atoms with E-state index in [4.69, 9.17) is 5.73 Å². The van der Waals surface area contributed by atoms with Gasteiger partial charge in [-0.15, -0.1) is 0 Å². The van der Waals surface area contributed by atoms with E-state index in [-0.39, 0.29) is 0 Å². The molecule has 0 aliphatic heterocycles. The average molecular weight is 376 g/mol. The van der Waals surface area contributed by atoms with Gasteiger partial charge >= 0.3 is 0 Å². The van der Waals surface area contributed by atoms with Crippen LogP contribution < -0.4 is 11.1 Å². The van der Waals surface area contributed by atoms with Crippen molar-refractivity contribution in [2.45, 2.75) is 24.7 Å². The maximum Gasteiger partial charge on any atom is 0.281 e. The molecule has 9 heteroatoms. The lowest BCUT2D eigenvalue weighted by atomic mass is 9.64. The maximum atomic E-state index is 12.3. The first kappa shape index (κ1) is 17.8. The van der Waals surface area contributed by atoms with Crippen molar-refractivity contribution in [3.8, 4) is 11.4 Å². The predicted molar refractivity (Wildman–Crippen MR) is 105 cm³/mol. The lowest BCUT2D eigenvalue weighted by Crippen LogP contribution is -2.47. The Hall–Kier alpha value is -3.62. The molecule has 1 fully saturated rings. The summed E-state index contributed by atoms with van der Waals surface area (Å²) >= 11 is 0. The summed E-state index contributed by atoms with van der Waals surface area (Å²) in [4.78, 5) is 29.5. The van der Waals surface area contributed by atoms with Gasteiger partial charge in [-0.1, -0.05) is 12.5 Å². The number of pyridine rings is 1. The molecule has 3 heterocycles. The molecule has 4 rings (SSSR count). The summed E-state index contributed by atoms with van der Waals surface area (Å²) in [6.45, 7) is 0. The van der Waals surface area contributed by atoms with Crippen molar-refractivity contribution < 1.29 is 4.79 Å². The highest BCUT2D eigenvalue weighted by Gasteiger charge is 2.43. The molecular weight excluding hydrogens is 356 g/mol. The summed E-state index contributed by atoms with van der Waals surface area (Å²) in [6, 6.07) is 3.86. The molecule has 142 valence electrons. The Morgan fingerprint density at radius 3 is 2.50 bits per heavy atom. The van der Waals surface area contributed by atoms with E-state index in [1.54, 1.807) is 25.6 Å². The summed E-state index contributed by atoms with van der Waals surface area (Å²) in [7, 11) is 1.79. The van der Waals surface area contributed by atoms with Gasteiger partial charge in [-0.25, -0.2) is 9.97 Å². The highest BCUT2D eigenvalue weighted by atomic mass is 16.1. The van der Waals surface area contributed by atoms with Crippen LogP contribution in [-0.2, 0) is 5.41 Å². The van der Waals surface area contributed by atoms with E-state index in [2.05, 4.69) is 35.5 Å². The number of carbonyl (C=O) groups is 1. The van der Waals surface area contributed by atoms with Crippen LogP contribution in [0, 0.1) is 0 Å². The van der Waals surface area contributed by atoms with Crippen LogP contribution in [0.2, 0.25) is 0 Å². The number of aromatic nitrogens is 5. The maximum absolute atomic E-state index is 12.3. The monoisotopic (exact) mass is 376 g/mol. The summed E-state index contributed by atoms with van der Waals surface area (Å²) in [5.41, 5.74) is 8.56. The van der Waals surface area contributed by atoms with E-state index < -0.39 is 11.3 Å². The molecule has 1 aliphatic rings. The number of hydrogen-bond acceptors (Lipinski definition) is 6. The third-order valence-electron chi connectivity index (χ3n) is 5.15. The molecule has 1 saturated carbocycles. The summed E-state index contributed by atoms with van der Waals surface area (Å²) in [6.07, 6.45) is 10.7. The minimum absolute atomic E-state index is 0.317. The first-order valence-electron chi connectivity index (χ1n) is 8.97. The standard InChI is InChI=1S/C19H20N8O/c1-21-16-11-23-15(10-24-16)14-4-3-13(9-22-14)19(5-2-6-19)18(20)27-17(28)12-7-25-26-8-12/h3-4,7-11H,2,5-6H2,1H3,(H,21,24)(H,25,26)(H2,20,27,28). The number of aliphatic imine (C=N–C) groups is 1. The van der Waals surface area contributed by atoms with Crippen molar-refractivity contribution in [1.82, 2.24) is 25.1 Å². The van der Waals surface area contributed by atoms with Gasteiger partial charge in [0, 0.05) is 19.4 Å². The van der Waals surface area contributed by atoms with Gasteiger partial charge in [-0.05, 0) is 24.5 Å². The number of carbonyl (C=O) groups excluding carboxylic acids is 1. The average Bonchev–Trinajstić information content (AvgIpc) is 3.23. The lowest BCUT2D eigenvalue weighted by Gasteiger charge is -2.41. The zero-order valence-corrected chi connectivity index (χ0v) is 15.4. The minimum atomic E-state index is -0.452. The Morgan fingerprint density at radius 1 is 1.14 bits per heavy atom. The molecule has 28 heavy (non-hydrogen) atoms. The molecule has 0 atom stereocenters. The van der Waals surface area contributed by atoms with Gasteiger partial charge in [0.25, 0.3) is 5.91 Å². The van der Waals surface area contributed by atoms with Crippen molar-refractivity contribution in [3.05, 3.63) is 54.2 Å². The SMILES string of the molecule is CNc1cnc(-c2ccc(C3(C(N)=NC(=O)c4cn[nH]c4)CCC3)cn2)cn1. The van der Waals surface area contributed by atoms with Crippen LogP contribution in [-0.4, -0.2) is 43.9 Å². The van der Waals surface area contributed by atoms with Crippen molar-refractivity contribution in [2.24, 2.45) is 10.7 Å². The van der Waals surface area contributed by atoms with E-state index in [9.17, 15) is 4.79 Å². The van der Waals surface area contributed by atoms with Crippen LogP contribution in [0.3, 0.4) is 0 Å². The van der Waals surface area contributed by atoms with Crippen molar-refractivity contribution >= 4 is 17.6 Å². The fourth-order valence-corrected chi connectivity index (χ4v) is 3.29. The first-order valence-corrected chi connectivity index (χ1v) is 8.97. The van der Waals surface area contributed by atoms with Crippen LogP contribution in [0.1, 0.15) is 35.2 Å². The Kier molecular flexibility index (Phi) is 4.56. The van der Waals surface area contributed by atoms with Gasteiger partial charge in [-0.3, -0.25) is 14.9 Å². The molecule has 0 saturated heterocycles. The second-order valence-electron chi connectivity index (χ2n) is 6.69. The molecular formula is C19H20N8O. The number of nitrogens with zero attached hydrogens (tertiary/aromatic N) is 5. The third kappa shape index (κ3) is 3.11. The lowest BCUT2D eigenvalue weighted by molar-refractivity contribution is 0.100. The number of nitrogens with two attached hydrogens (primary N) is 1. The van der Waals surface area contributed by atoms with Crippen LogP contribution in [0.5, 0.6) is 0 Å². The quantitative estimate of drug-likeness (QED) is 0.457. The molecule has 0 spiro atoms. The largest absolute Gasteiger partial charge is 0.386 e. The number of amides is 1. The molecule has 0 radical (unpaired) electrons. The van der Waals surface area contributed by atoms with Gasteiger partial charge < -0.3 is 11.1 Å². The zero-order valence-electron chi connectivity index (χ0n) is 15.4. The molecule has 0 bridgehead atoms. The predicted octanol–water partition coefficient (Wildman–Crippen LogP) is 1.92. The van der Waals surface area contributed by atoms with Gasteiger partial charge in [0.1, 0.15) is 17.3 Å². The molecule has 4 N–H and O–H groups in total. The number of rotatable bonds is 5. The fraction of sp³-hybridized carbons (Fsp3) is 0.263. The van der Waals surface area contributed by atoms with Gasteiger partial charge in [0.2, 0.25) is 0 Å². The van der Waals surface area contributed by atoms with Gasteiger partial charge in [-0.2, -0.15) is 10.1 Å². The van der Waals surface area contributed by atoms with E-state index >= 15 is 0 Å². The van der Waals surface area contributed by atoms with Gasteiger partial charge in [0.15, 0.2) is 0 Å². The highest BCUT2D eigenvalue weighted by molar-refractivity contribution is 6.06. The minimum Gasteiger partial charge on any atom is -0.386 e. The molecule has 3 aromatic rings. The molecule has 3 aromatic heterocycles. The van der Waals surface area contributed by atoms with Crippen LogP contribution >= 0.6 is 0 Å². The van der Waals surface area contributed by atoms with Crippen LogP contribution in [0.4, 0.5) is 5.82 Å². The number of amidine groups is 1. The second kappa shape index (κ2) is 7.18. The smallest absolute Gasteiger partial charge is 0.281 e. The number of hydrogen-bond donors (Lipinski definition) is 3. The zero-order chi connectivity index (χ0) is 19.6. The Balaban J connectivity index is 1.60. The second-order valence-corrected chi connectivity index (χ2v) is 6.69. The van der Waals surface area contributed by atoms with E-state index in [1.165, 1.54) is 12.4 Å². The topological polar surface area (TPSA) is 135 Å². The highest BCUT2D eigenvalue weighted by Crippen LogP contribution is 2.44. The van der Waals surface area contributed by atoms with Crippen LogP contribution in [0.15, 0.2) is 48.1 Å². The van der Waals surface area contributed by atoms with E-state index in [0.29, 0.717) is 22.9 Å².